The minimum atomic E-state index is -3.54. The van der Waals surface area contributed by atoms with Crippen molar-refractivity contribution in [2.45, 2.75) is 17.9 Å². The number of hydrogen-bond donors (Lipinski definition) is 1. The Hall–Kier alpha value is -2.23. The Bertz CT molecular complexity index is 1010. The Labute approximate surface area is 152 Å². The number of aromatic nitrogens is 4. The van der Waals surface area contributed by atoms with Crippen molar-refractivity contribution in [3.8, 4) is 0 Å². The molecule has 0 unspecified atom stereocenters. The van der Waals surface area contributed by atoms with Crippen LogP contribution in [0.4, 0.5) is 0 Å². The molecule has 4 rings (SSSR count). The summed E-state index contributed by atoms with van der Waals surface area (Å²) < 4.78 is 29.6. The summed E-state index contributed by atoms with van der Waals surface area (Å²) in [6.45, 7) is 3.37. The van der Waals surface area contributed by atoms with Gasteiger partial charge >= 0.3 is 0 Å². The number of hydrogen-bond acceptors (Lipinski definition) is 5. The average Bonchev–Trinajstić information content (AvgIpc) is 3.15. The Morgan fingerprint density at radius 3 is 2.92 bits per heavy atom. The van der Waals surface area contributed by atoms with Crippen LogP contribution in [-0.4, -0.2) is 63.6 Å². The molecule has 138 valence electrons. The SMILES string of the molecule is Cn1cc(CN2CCCN(S(=O)(=O)c3c[nH]c4ncccc34)CC2)cn1. The fourth-order valence-corrected chi connectivity index (χ4v) is 5.06. The van der Waals surface area contributed by atoms with Gasteiger partial charge in [-0.15, -0.1) is 0 Å². The first-order valence-electron chi connectivity index (χ1n) is 8.66. The molecule has 3 aromatic rings. The molecule has 0 saturated carbocycles. The molecule has 0 bridgehead atoms. The zero-order valence-electron chi connectivity index (χ0n) is 14.7. The van der Waals surface area contributed by atoms with Crippen LogP contribution in [0, 0.1) is 0 Å². The number of pyridine rings is 1. The van der Waals surface area contributed by atoms with Gasteiger partial charge in [0.15, 0.2) is 0 Å². The normalized spacial score (nSPS) is 17.6. The highest BCUT2D eigenvalue weighted by Gasteiger charge is 2.29. The molecule has 0 amide bonds. The molecule has 26 heavy (non-hydrogen) atoms. The van der Waals surface area contributed by atoms with E-state index in [9.17, 15) is 8.42 Å². The lowest BCUT2D eigenvalue weighted by Gasteiger charge is -2.21. The van der Waals surface area contributed by atoms with Crippen molar-refractivity contribution < 1.29 is 8.42 Å². The van der Waals surface area contributed by atoms with Gasteiger partial charge in [-0.25, -0.2) is 13.4 Å². The predicted octanol–water partition coefficient (Wildman–Crippen LogP) is 1.19. The Balaban J connectivity index is 1.51. The van der Waals surface area contributed by atoms with E-state index in [-0.39, 0.29) is 0 Å². The molecule has 3 aromatic heterocycles. The van der Waals surface area contributed by atoms with Gasteiger partial charge in [-0.05, 0) is 25.1 Å². The van der Waals surface area contributed by atoms with Crippen molar-refractivity contribution in [2.75, 3.05) is 26.2 Å². The molecule has 0 aromatic carbocycles. The molecule has 4 heterocycles. The van der Waals surface area contributed by atoms with Crippen LogP contribution in [0.3, 0.4) is 0 Å². The van der Waals surface area contributed by atoms with Gasteiger partial charge in [0, 0.05) is 62.8 Å². The maximum atomic E-state index is 13.1. The lowest BCUT2D eigenvalue weighted by Crippen LogP contribution is -2.35. The van der Waals surface area contributed by atoms with Gasteiger partial charge in [-0.3, -0.25) is 9.58 Å². The number of aryl methyl sites for hydroxylation is 1. The maximum Gasteiger partial charge on any atom is 0.245 e. The van der Waals surface area contributed by atoms with E-state index in [4.69, 9.17) is 0 Å². The number of rotatable bonds is 4. The number of nitrogens with one attached hydrogen (secondary N) is 1. The lowest BCUT2D eigenvalue weighted by atomic mass is 10.3. The van der Waals surface area contributed by atoms with Gasteiger partial charge in [0.05, 0.1) is 6.20 Å². The molecule has 1 fully saturated rings. The fraction of sp³-hybridized carbons (Fsp3) is 0.412. The smallest absolute Gasteiger partial charge is 0.245 e. The van der Waals surface area contributed by atoms with E-state index in [0.717, 1.165) is 25.1 Å². The molecule has 0 spiro atoms. The van der Waals surface area contributed by atoms with Gasteiger partial charge in [0.25, 0.3) is 0 Å². The molecule has 0 aliphatic carbocycles. The quantitative estimate of drug-likeness (QED) is 0.741. The van der Waals surface area contributed by atoms with Crippen molar-refractivity contribution in [3.05, 3.63) is 42.5 Å². The Morgan fingerprint density at radius 2 is 2.12 bits per heavy atom. The molecule has 1 N–H and O–H groups in total. The van der Waals surface area contributed by atoms with Crippen LogP contribution in [0.25, 0.3) is 11.0 Å². The number of fused-ring (bicyclic) bond motifs is 1. The highest BCUT2D eigenvalue weighted by Crippen LogP contribution is 2.25. The number of nitrogens with zero attached hydrogens (tertiary/aromatic N) is 5. The molecule has 1 aliphatic heterocycles. The summed E-state index contributed by atoms with van der Waals surface area (Å²) in [6, 6.07) is 3.55. The molecular formula is C17H22N6O2S. The number of sulfonamides is 1. The van der Waals surface area contributed by atoms with E-state index in [0.29, 0.717) is 35.6 Å². The summed E-state index contributed by atoms with van der Waals surface area (Å²) in [5, 5.41) is 4.84. The van der Waals surface area contributed by atoms with E-state index >= 15 is 0 Å². The van der Waals surface area contributed by atoms with Crippen molar-refractivity contribution in [2.24, 2.45) is 7.05 Å². The van der Waals surface area contributed by atoms with Gasteiger partial charge in [0.2, 0.25) is 10.0 Å². The van der Waals surface area contributed by atoms with Gasteiger partial charge in [-0.1, -0.05) is 0 Å². The highest BCUT2D eigenvalue weighted by molar-refractivity contribution is 7.89. The van der Waals surface area contributed by atoms with Crippen molar-refractivity contribution in [1.29, 1.82) is 0 Å². The van der Waals surface area contributed by atoms with Crippen molar-refractivity contribution >= 4 is 21.1 Å². The number of H-pyrrole nitrogens is 1. The largest absolute Gasteiger partial charge is 0.345 e. The van der Waals surface area contributed by atoms with E-state index in [1.54, 1.807) is 33.5 Å². The second kappa shape index (κ2) is 6.82. The molecule has 0 radical (unpaired) electrons. The van der Waals surface area contributed by atoms with Crippen LogP contribution in [0.5, 0.6) is 0 Å². The average molecular weight is 374 g/mol. The van der Waals surface area contributed by atoms with Crippen LogP contribution in [0.2, 0.25) is 0 Å². The van der Waals surface area contributed by atoms with E-state index in [1.165, 1.54) is 0 Å². The van der Waals surface area contributed by atoms with Gasteiger partial charge in [-0.2, -0.15) is 9.40 Å². The summed E-state index contributed by atoms with van der Waals surface area (Å²) in [4.78, 5) is 9.73. The minimum absolute atomic E-state index is 0.307. The highest BCUT2D eigenvalue weighted by atomic mass is 32.2. The zero-order valence-corrected chi connectivity index (χ0v) is 15.5. The molecular weight excluding hydrogens is 352 g/mol. The second-order valence-electron chi connectivity index (χ2n) is 6.61. The first-order valence-corrected chi connectivity index (χ1v) is 10.1. The van der Waals surface area contributed by atoms with Gasteiger partial charge in [0.1, 0.15) is 10.5 Å². The third-order valence-corrected chi connectivity index (χ3v) is 6.68. The van der Waals surface area contributed by atoms with Crippen molar-refractivity contribution in [3.63, 3.8) is 0 Å². The van der Waals surface area contributed by atoms with Crippen LogP contribution >= 0.6 is 0 Å². The Morgan fingerprint density at radius 1 is 1.23 bits per heavy atom. The van der Waals surface area contributed by atoms with Crippen LogP contribution in [-0.2, 0) is 23.6 Å². The second-order valence-corrected chi connectivity index (χ2v) is 8.51. The maximum absolute atomic E-state index is 13.1. The minimum Gasteiger partial charge on any atom is -0.345 e. The summed E-state index contributed by atoms with van der Waals surface area (Å²) in [6.07, 6.45) is 7.86. The zero-order chi connectivity index (χ0) is 18.1. The molecule has 0 atom stereocenters. The van der Waals surface area contributed by atoms with Crippen LogP contribution < -0.4 is 0 Å². The summed E-state index contributed by atoms with van der Waals surface area (Å²) in [5.41, 5.74) is 1.74. The van der Waals surface area contributed by atoms with Crippen molar-refractivity contribution in [1.82, 2.24) is 29.0 Å². The van der Waals surface area contributed by atoms with Crippen LogP contribution in [0.1, 0.15) is 12.0 Å². The fourth-order valence-electron chi connectivity index (χ4n) is 3.44. The topological polar surface area (TPSA) is 87.1 Å². The molecule has 8 nitrogen and oxygen atoms in total. The van der Waals surface area contributed by atoms with E-state index < -0.39 is 10.0 Å². The lowest BCUT2D eigenvalue weighted by molar-refractivity contribution is 0.278. The molecule has 1 aliphatic rings. The molecule has 9 heteroatoms. The van der Waals surface area contributed by atoms with E-state index in [1.807, 2.05) is 19.4 Å². The van der Waals surface area contributed by atoms with Gasteiger partial charge < -0.3 is 4.98 Å². The Kier molecular flexibility index (Phi) is 4.51. The summed E-state index contributed by atoms with van der Waals surface area (Å²) in [5.74, 6) is 0. The number of aromatic amines is 1. The van der Waals surface area contributed by atoms with E-state index in [2.05, 4.69) is 20.0 Å². The predicted molar refractivity (Wildman–Crippen MR) is 98.0 cm³/mol. The summed E-state index contributed by atoms with van der Waals surface area (Å²) >= 11 is 0. The third-order valence-electron chi connectivity index (χ3n) is 4.74. The first-order chi connectivity index (χ1) is 12.5. The first kappa shape index (κ1) is 17.2. The third kappa shape index (κ3) is 3.25. The standard InChI is InChI=1S/C17H22N6O2S/c1-21-12-14(10-20-21)13-22-6-3-7-23(9-8-22)26(24,25)16-11-19-17-15(16)4-2-5-18-17/h2,4-5,10-12H,3,6-9,13H2,1H3,(H,18,19). The molecule has 1 saturated heterocycles. The van der Waals surface area contributed by atoms with Crippen LogP contribution in [0.15, 0.2) is 41.8 Å². The monoisotopic (exact) mass is 374 g/mol. The summed E-state index contributed by atoms with van der Waals surface area (Å²) in [7, 11) is -1.64.